The Kier molecular flexibility index (Phi) is 2.47. The van der Waals surface area contributed by atoms with Gasteiger partial charge in [0.2, 0.25) is 0 Å². The van der Waals surface area contributed by atoms with Crippen molar-refractivity contribution in [2.45, 2.75) is 26.3 Å². The van der Waals surface area contributed by atoms with Crippen LogP contribution < -0.4 is 0 Å². The Hall–Kier alpha value is -0.340. The molecule has 1 saturated heterocycles. The summed E-state index contributed by atoms with van der Waals surface area (Å²) >= 11 is 1.86. The third-order valence-electron chi connectivity index (χ3n) is 2.56. The van der Waals surface area contributed by atoms with Gasteiger partial charge in [0.1, 0.15) is 0 Å². The van der Waals surface area contributed by atoms with E-state index in [1.54, 1.807) is 0 Å². The van der Waals surface area contributed by atoms with Crippen LogP contribution in [0.4, 0.5) is 0 Å². The van der Waals surface area contributed by atoms with Crippen LogP contribution in [0, 0.1) is 6.92 Å². The van der Waals surface area contributed by atoms with E-state index >= 15 is 0 Å². The van der Waals surface area contributed by atoms with Crippen molar-refractivity contribution >= 4 is 11.3 Å². The van der Waals surface area contributed by atoms with Gasteiger partial charge in [-0.25, -0.2) is 0 Å². The average Bonchev–Trinajstić information content (AvgIpc) is 2.65. The van der Waals surface area contributed by atoms with Crippen LogP contribution in [0.5, 0.6) is 0 Å². The highest BCUT2D eigenvalue weighted by Gasteiger charge is 2.12. The van der Waals surface area contributed by atoms with Crippen LogP contribution in [0.1, 0.15) is 23.3 Å². The molecule has 1 nitrogen and oxygen atoms in total. The largest absolute Gasteiger partial charge is 0.299 e. The highest BCUT2D eigenvalue weighted by Crippen LogP contribution is 2.19. The maximum absolute atomic E-state index is 2.55. The van der Waals surface area contributed by atoms with Gasteiger partial charge in [-0.15, -0.1) is 11.3 Å². The monoisotopic (exact) mass is 181 g/mol. The minimum atomic E-state index is 1.18. The van der Waals surface area contributed by atoms with Crippen LogP contribution >= 0.6 is 11.3 Å². The number of nitrogens with zero attached hydrogens (tertiary/aromatic N) is 1. The summed E-state index contributed by atoms with van der Waals surface area (Å²) in [5, 5.41) is 2.20. The van der Waals surface area contributed by atoms with Crippen molar-refractivity contribution in [3.63, 3.8) is 0 Å². The van der Waals surface area contributed by atoms with E-state index in [0.29, 0.717) is 0 Å². The van der Waals surface area contributed by atoms with Crippen molar-refractivity contribution in [3.05, 3.63) is 21.9 Å². The van der Waals surface area contributed by atoms with E-state index in [0.717, 1.165) is 0 Å². The lowest BCUT2D eigenvalue weighted by atomic mass is 10.2. The first-order valence-electron chi connectivity index (χ1n) is 4.61. The molecule has 1 fully saturated rings. The highest BCUT2D eigenvalue weighted by molar-refractivity contribution is 7.10. The number of aryl methyl sites for hydroxylation is 1. The summed E-state index contributed by atoms with van der Waals surface area (Å²) in [6.07, 6.45) is 2.78. The number of rotatable bonds is 2. The maximum atomic E-state index is 2.55. The Morgan fingerprint density at radius 2 is 2.17 bits per heavy atom. The predicted molar refractivity (Wildman–Crippen MR) is 53.6 cm³/mol. The van der Waals surface area contributed by atoms with Crippen molar-refractivity contribution in [1.29, 1.82) is 0 Å². The van der Waals surface area contributed by atoms with Gasteiger partial charge in [0, 0.05) is 11.4 Å². The van der Waals surface area contributed by atoms with Gasteiger partial charge in [0.05, 0.1) is 0 Å². The Balaban J connectivity index is 1.98. The van der Waals surface area contributed by atoms with E-state index in [1.807, 2.05) is 11.3 Å². The molecule has 0 radical (unpaired) electrons. The molecular formula is C10H15NS. The summed E-state index contributed by atoms with van der Waals surface area (Å²) in [5.41, 5.74) is 1.53. The van der Waals surface area contributed by atoms with Gasteiger partial charge in [-0.2, -0.15) is 0 Å². The topological polar surface area (TPSA) is 3.24 Å². The quantitative estimate of drug-likeness (QED) is 0.678. The highest BCUT2D eigenvalue weighted by atomic mass is 32.1. The van der Waals surface area contributed by atoms with Gasteiger partial charge in [-0.3, -0.25) is 4.90 Å². The Bertz CT molecular complexity index is 248. The van der Waals surface area contributed by atoms with Gasteiger partial charge < -0.3 is 0 Å². The first-order valence-corrected chi connectivity index (χ1v) is 5.49. The normalized spacial score (nSPS) is 18.8. The SMILES string of the molecule is Cc1sccc1CN1CCCC1. The van der Waals surface area contributed by atoms with Crippen molar-refractivity contribution in [2.75, 3.05) is 13.1 Å². The van der Waals surface area contributed by atoms with Gasteiger partial charge in [0.25, 0.3) is 0 Å². The van der Waals surface area contributed by atoms with E-state index < -0.39 is 0 Å². The average molecular weight is 181 g/mol. The summed E-state index contributed by atoms with van der Waals surface area (Å²) in [4.78, 5) is 4.04. The van der Waals surface area contributed by atoms with E-state index in [-0.39, 0.29) is 0 Å². The minimum absolute atomic E-state index is 1.18. The molecule has 12 heavy (non-hydrogen) atoms. The molecule has 0 amide bonds. The molecule has 0 aliphatic carbocycles. The van der Waals surface area contributed by atoms with E-state index in [1.165, 1.54) is 42.9 Å². The Labute approximate surface area is 78.0 Å². The fourth-order valence-electron chi connectivity index (χ4n) is 1.76. The molecule has 66 valence electrons. The van der Waals surface area contributed by atoms with E-state index in [4.69, 9.17) is 0 Å². The first kappa shape index (κ1) is 8.27. The smallest absolute Gasteiger partial charge is 0.0244 e. The van der Waals surface area contributed by atoms with Gasteiger partial charge in [-0.05, 0) is 49.9 Å². The zero-order valence-corrected chi connectivity index (χ0v) is 8.36. The summed E-state index contributed by atoms with van der Waals surface area (Å²) < 4.78 is 0. The molecule has 0 bridgehead atoms. The summed E-state index contributed by atoms with van der Waals surface area (Å²) in [7, 11) is 0. The lowest BCUT2D eigenvalue weighted by molar-refractivity contribution is 0.331. The maximum Gasteiger partial charge on any atom is 0.0244 e. The van der Waals surface area contributed by atoms with Crippen molar-refractivity contribution in [1.82, 2.24) is 4.90 Å². The van der Waals surface area contributed by atoms with Gasteiger partial charge in [0.15, 0.2) is 0 Å². The molecule has 2 heteroatoms. The fourth-order valence-corrected chi connectivity index (χ4v) is 2.48. The molecule has 1 aliphatic heterocycles. The molecule has 0 N–H and O–H groups in total. The standard InChI is InChI=1S/C10H15NS/c1-9-10(4-7-12-9)8-11-5-2-3-6-11/h4,7H,2-3,5-6,8H2,1H3. The molecular weight excluding hydrogens is 166 g/mol. The molecule has 1 aromatic heterocycles. The van der Waals surface area contributed by atoms with E-state index in [2.05, 4.69) is 23.3 Å². The Morgan fingerprint density at radius 3 is 2.75 bits per heavy atom. The molecule has 1 aliphatic rings. The molecule has 0 aromatic carbocycles. The van der Waals surface area contributed by atoms with Crippen molar-refractivity contribution in [2.24, 2.45) is 0 Å². The van der Waals surface area contributed by atoms with Crippen LogP contribution in [0.15, 0.2) is 11.4 Å². The van der Waals surface area contributed by atoms with Crippen molar-refractivity contribution in [3.8, 4) is 0 Å². The molecule has 0 spiro atoms. The summed E-state index contributed by atoms with van der Waals surface area (Å²) in [6.45, 7) is 6.00. The molecule has 0 atom stereocenters. The van der Waals surface area contributed by atoms with Crippen LogP contribution in [0.3, 0.4) is 0 Å². The Morgan fingerprint density at radius 1 is 1.42 bits per heavy atom. The first-order chi connectivity index (χ1) is 5.86. The molecule has 0 unspecified atom stereocenters. The fraction of sp³-hybridized carbons (Fsp3) is 0.600. The molecule has 0 saturated carbocycles. The zero-order chi connectivity index (χ0) is 8.39. The summed E-state index contributed by atoms with van der Waals surface area (Å²) in [6, 6.07) is 2.26. The van der Waals surface area contributed by atoms with Crippen LogP contribution in [0.2, 0.25) is 0 Å². The van der Waals surface area contributed by atoms with Crippen LogP contribution in [-0.4, -0.2) is 18.0 Å². The second kappa shape index (κ2) is 3.58. The number of hydrogen-bond acceptors (Lipinski definition) is 2. The zero-order valence-electron chi connectivity index (χ0n) is 7.55. The second-order valence-corrected chi connectivity index (χ2v) is 4.61. The van der Waals surface area contributed by atoms with Crippen LogP contribution in [0.25, 0.3) is 0 Å². The van der Waals surface area contributed by atoms with E-state index in [9.17, 15) is 0 Å². The number of thiophene rings is 1. The van der Waals surface area contributed by atoms with Crippen LogP contribution in [-0.2, 0) is 6.54 Å². The predicted octanol–water partition coefficient (Wildman–Crippen LogP) is 2.65. The lowest BCUT2D eigenvalue weighted by Gasteiger charge is -2.13. The molecule has 1 aromatic rings. The van der Waals surface area contributed by atoms with Crippen molar-refractivity contribution < 1.29 is 0 Å². The van der Waals surface area contributed by atoms with Gasteiger partial charge >= 0.3 is 0 Å². The van der Waals surface area contributed by atoms with Gasteiger partial charge in [-0.1, -0.05) is 0 Å². The third kappa shape index (κ3) is 1.70. The number of hydrogen-bond donors (Lipinski definition) is 0. The molecule has 2 heterocycles. The second-order valence-electron chi connectivity index (χ2n) is 3.49. The molecule has 2 rings (SSSR count). The summed E-state index contributed by atoms with van der Waals surface area (Å²) in [5.74, 6) is 0. The minimum Gasteiger partial charge on any atom is -0.299 e. The lowest BCUT2D eigenvalue weighted by Crippen LogP contribution is -2.18. The number of likely N-dealkylation sites (tertiary alicyclic amines) is 1. The third-order valence-corrected chi connectivity index (χ3v) is 3.45.